The molecular weight excluding hydrogens is 252 g/mol. The van der Waals surface area contributed by atoms with Crippen molar-refractivity contribution in [2.75, 3.05) is 5.32 Å². The molecule has 0 fully saturated rings. The van der Waals surface area contributed by atoms with E-state index >= 15 is 0 Å². The highest BCUT2D eigenvalue weighted by molar-refractivity contribution is 6.33. The second-order valence-electron chi connectivity index (χ2n) is 3.79. The minimum Gasteiger partial charge on any atom is -0.319 e. The predicted molar refractivity (Wildman–Crippen MR) is 68.7 cm³/mol. The SMILES string of the molecule is Cc1cc(C(=O)Nc2cnccc2Cl)c(C)nn1. The molecule has 2 aromatic rings. The second kappa shape index (κ2) is 5.10. The number of nitrogens with one attached hydrogen (secondary N) is 1. The summed E-state index contributed by atoms with van der Waals surface area (Å²) in [5.41, 5.74) is 2.20. The van der Waals surface area contributed by atoms with Gasteiger partial charge in [-0.1, -0.05) is 11.6 Å². The highest BCUT2D eigenvalue weighted by Crippen LogP contribution is 2.20. The molecule has 0 saturated heterocycles. The number of aromatic nitrogens is 3. The van der Waals surface area contributed by atoms with Crippen molar-refractivity contribution >= 4 is 23.2 Å². The molecule has 18 heavy (non-hydrogen) atoms. The Kier molecular flexibility index (Phi) is 3.53. The van der Waals surface area contributed by atoms with Crippen molar-refractivity contribution in [3.63, 3.8) is 0 Å². The van der Waals surface area contributed by atoms with Crippen LogP contribution in [0.2, 0.25) is 5.02 Å². The molecule has 0 aromatic carbocycles. The van der Waals surface area contributed by atoms with Gasteiger partial charge in [-0.3, -0.25) is 9.78 Å². The molecule has 0 aliphatic heterocycles. The van der Waals surface area contributed by atoms with Gasteiger partial charge >= 0.3 is 0 Å². The van der Waals surface area contributed by atoms with Crippen LogP contribution in [0.3, 0.4) is 0 Å². The van der Waals surface area contributed by atoms with Crippen LogP contribution < -0.4 is 5.32 Å². The maximum absolute atomic E-state index is 12.1. The molecular formula is C12H11ClN4O. The average Bonchev–Trinajstić information content (AvgIpc) is 2.35. The lowest BCUT2D eigenvalue weighted by Crippen LogP contribution is -2.15. The topological polar surface area (TPSA) is 67.8 Å². The molecule has 1 N–H and O–H groups in total. The normalized spacial score (nSPS) is 10.2. The molecule has 0 unspecified atom stereocenters. The Morgan fingerprint density at radius 3 is 2.83 bits per heavy atom. The van der Waals surface area contributed by atoms with E-state index in [0.29, 0.717) is 27.7 Å². The number of hydrogen-bond acceptors (Lipinski definition) is 4. The third-order valence-electron chi connectivity index (χ3n) is 2.36. The molecule has 0 bridgehead atoms. The van der Waals surface area contributed by atoms with Crippen LogP contribution >= 0.6 is 11.6 Å². The molecule has 5 nitrogen and oxygen atoms in total. The van der Waals surface area contributed by atoms with Crippen LogP contribution in [0.25, 0.3) is 0 Å². The Morgan fingerprint density at radius 2 is 2.11 bits per heavy atom. The molecule has 1 amide bonds. The first-order valence-corrected chi connectivity index (χ1v) is 5.67. The molecule has 2 aromatic heterocycles. The lowest BCUT2D eigenvalue weighted by molar-refractivity contribution is 0.102. The van der Waals surface area contributed by atoms with E-state index in [4.69, 9.17) is 11.6 Å². The number of pyridine rings is 1. The Labute approximate surface area is 109 Å². The summed E-state index contributed by atoms with van der Waals surface area (Å²) in [6, 6.07) is 3.29. The van der Waals surface area contributed by atoms with Gasteiger partial charge in [0, 0.05) is 6.20 Å². The summed E-state index contributed by atoms with van der Waals surface area (Å²) in [5.74, 6) is -0.277. The number of amides is 1. The standard InChI is InChI=1S/C12H11ClN4O/c1-7-5-9(8(2)17-16-7)12(18)15-11-6-14-4-3-10(11)13/h3-6H,1-2H3,(H,15,18). The number of carbonyl (C=O) groups excluding carboxylic acids is 1. The Morgan fingerprint density at radius 1 is 1.33 bits per heavy atom. The maximum Gasteiger partial charge on any atom is 0.257 e. The number of nitrogens with zero attached hydrogens (tertiary/aromatic N) is 3. The van der Waals surface area contributed by atoms with E-state index < -0.39 is 0 Å². The van der Waals surface area contributed by atoms with Gasteiger partial charge in [0.15, 0.2) is 0 Å². The number of anilines is 1. The van der Waals surface area contributed by atoms with E-state index in [2.05, 4.69) is 20.5 Å². The Hall–Kier alpha value is -2.01. The van der Waals surface area contributed by atoms with E-state index in [9.17, 15) is 4.79 Å². The molecule has 0 saturated carbocycles. The number of aryl methyl sites for hydroxylation is 2. The van der Waals surface area contributed by atoms with Crippen LogP contribution in [-0.4, -0.2) is 21.1 Å². The Balaban J connectivity index is 2.28. The highest BCUT2D eigenvalue weighted by Gasteiger charge is 2.12. The molecule has 92 valence electrons. The van der Waals surface area contributed by atoms with E-state index in [1.54, 1.807) is 32.2 Å². The van der Waals surface area contributed by atoms with E-state index in [-0.39, 0.29) is 5.91 Å². The number of rotatable bonds is 2. The zero-order valence-electron chi connectivity index (χ0n) is 9.94. The summed E-state index contributed by atoms with van der Waals surface area (Å²) < 4.78 is 0. The fourth-order valence-electron chi connectivity index (χ4n) is 1.44. The molecule has 0 atom stereocenters. The van der Waals surface area contributed by atoms with Gasteiger partial charge in [-0.2, -0.15) is 10.2 Å². The summed E-state index contributed by atoms with van der Waals surface area (Å²) in [4.78, 5) is 16.0. The second-order valence-corrected chi connectivity index (χ2v) is 4.20. The predicted octanol–water partition coefficient (Wildman–Crippen LogP) is 2.39. The average molecular weight is 263 g/mol. The minimum atomic E-state index is -0.277. The third-order valence-corrected chi connectivity index (χ3v) is 2.69. The van der Waals surface area contributed by atoms with Crippen molar-refractivity contribution in [2.24, 2.45) is 0 Å². The van der Waals surface area contributed by atoms with E-state index in [0.717, 1.165) is 0 Å². The molecule has 0 radical (unpaired) electrons. The quantitative estimate of drug-likeness (QED) is 0.902. The smallest absolute Gasteiger partial charge is 0.257 e. The monoisotopic (exact) mass is 262 g/mol. The van der Waals surface area contributed by atoms with Crippen molar-refractivity contribution in [3.8, 4) is 0 Å². The van der Waals surface area contributed by atoms with Crippen molar-refractivity contribution in [1.82, 2.24) is 15.2 Å². The molecule has 0 aliphatic rings. The number of hydrogen-bond donors (Lipinski definition) is 1. The van der Waals surface area contributed by atoms with Crippen molar-refractivity contribution < 1.29 is 4.79 Å². The summed E-state index contributed by atoms with van der Waals surface area (Å²) in [5, 5.41) is 10.9. The first-order valence-electron chi connectivity index (χ1n) is 5.29. The summed E-state index contributed by atoms with van der Waals surface area (Å²) >= 11 is 5.94. The lowest BCUT2D eigenvalue weighted by Gasteiger charge is -2.08. The van der Waals surface area contributed by atoms with Gasteiger partial charge in [0.25, 0.3) is 5.91 Å². The largest absolute Gasteiger partial charge is 0.319 e. The zero-order chi connectivity index (χ0) is 13.1. The number of carbonyl (C=O) groups is 1. The molecule has 0 aliphatic carbocycles. The van der Waals surface area contributed by atoms with Gasteiger partial charge in [-0.05, 0) is 26.0 Å². The maximum atomic E-state index is 12.1. The van der Waals surface area contributed by atoms with E-state index in [1.165, 1.54) is 6.20 Å². The van der Waals surface area contributed by atoms with Gasteiger partial charge in [0.1, 0.15) is 0 Å². The molecule has 2 heterocycles. The van der Waals surface area contributed by atoms with Crippen LogP contribution in [0.1, 0.15) is 21.7 Å². The first kappa shape index (κ1) is 12.4. The molecule has 6 heteroatoms. The number of halogens is 1. The lowest BCUT2D eigenvalue weighted by atomic mass is 10.2. The first-order chi connectivity index (χ1) is 8.58. The van der Waals surface area contributed by atoms with Crippen LogP contribution in [0.15, 0.2) is 24.5 Å². The van der Waals surface area contributed by atoms with Crippen LogP contribution in [0, 0.1) is 13.8 Å². The molecule has 0 spiro atoms. The summed E-state index contributed by atoms with van der Waals surface area (Å²) in [6.07, 6.45) is 3.05. The fraction of sp³-hybridized carbons (Fsp3) is 0.167. The van der Waals surface area contributed by atoms with Crippen LogP contribution in [0.5, 0.6) is 0 Å². The van der Waals surface area contributed by atoms with Gasteiger partial charge in [-0.25, -0.2) is 0 Å². The van der Waals surface area contributed by atoms with E-state index in [1.807, 2.05) is 0 Å². The highest BCUT2D eigenvalue weighted by atomic mass is 35.5. The van der Waals surface area contributed by atoms with Gasteiger partial charge in [0.05, 0.1) is 33.9 Å². The Bertz CT molecular complexity index is 600. The summed E-state index contributed by atoms with van der Waals surface area (Å²) in [7, 11) is 0. The van der Waals surface area contributed by atoms with Crippen molar-refractivity contribution in [1.29, 1.82) is 0 Å². The van der Waals surface area contributed by atoms with Gasteiger partial charge in [0.2, 0.25) is 0 Å². The van der Waals surface area contributed by atoms with Crippen molar-refractivity contribution in [2.45, 2.75) is 13.8 Å². The summed E-state index contributed by atoms with van der Waals surface area (Å²) in [6.45, 7) is 3.51. The van der Waals surface area contributed by atoms with Gasteiger partial charge < -0.3 is 5.32 Å². The minimum absolute atomic E-state index is 0.277. The van der Waals surface area contributed by atoms with Crippen LogP contribution in [0.4, 0.5) is 5.69 Å². The van der Waals surface area contributed by atoms with Gasteiger partial charge in [-0.15, -0.1) is 0 Å². The third kappa shape index (κ3) is 2.62. The zero-order valence-corrected chi connectivity index (χ0v) is 10.7. The van der Waals surface area contributed by atoms with Crippen molar-refractivity contribution in [3.05, 3.63) is 46.5 Å². The molecule has 2 rings (SSSR count). The van der Waals surface area contributed by atoms with Crippen LogP contribution in [-0.2, 0) is 0 Å². The fourth-order valence-corrected chi connectivity index (χ4v) is 1.59.